The van der Waals surface area contributed by atoms with Gasteiger partial charge in [-0.15, -0.1) is 0 Å². The maximum absolute atomic E-state index is 13.7. The van der Waals surface area contributed by atoms with Crippen molar-refractivity contribution in [3.63, 3.8) is 0 Å². The van der Waals surface area contributed by atoms with Gasteiger partial charge < -0.3 is 0 Å². The van der Waals surface area contributed by atoms with Crippen LogP contribution in [0, 0.1) is 5.92 Å². The molecule has 1 nitrogen and oxygen atoms in total. The van der Waals surface area contributed by atoms with Gasteiger partial charge >= 0.3 is 0 Å². The van der Waals surface area contributed by atoms with Crippen LogP contribution in [0.5, 0.6) is 0 Å². The first kappa shape index (κ1) is 10.3. The lowest BCUT2D eigenvalue weighted by molar-refractivity contribution is -0.0285. The highest BCUT2D eigenvalue weighted by atomic mass is 19.3. The second kappa shape index (κ2) is 3.40. The first-order chi connectivity index (χ1) is 7.01. The second-order valence-electron chi connectivity index (χ2n) is 4.03. The van der Waals surface area contributed by atoms with E-state index >= 15 is 0 Å². The van der Waals surface area contributed by atoms with Crippen LogP contribution in [0.2, 0.25) is 0 Å². The Labute approximate surface area is 87.1 Å². The zero-order valence-corrected chi connectivity index (χ0v) is 8.47. The van der Waals surface area contributed by atoms with E-state index in [1.165, 1.54) is 25.1 Å². The minimum atomic E-state index is -2.77. The van der Waals surface area contributed by atoms with Crippen LogP contribution in [0.3, 0.4) is 0 Å². The minimum absolute atomic E-state index is 0.0299. The zero-order valence-electron chi connectivity index (χ0n) is 8.47. The topological polar surface area (TPSA) is 17.1 Å². The van der Waals surface area contributed by atoms with Crippen molar-refractivity contribution in [2.24, 2.45) is 5.92 Å². The summed E-state index contributed by atoms with van der Waals surface area (Å²) in [5.74, 6) is -3.48. The van der Waals surface area contributed by atoms with E-state index in [9.17, 15) is 13.6 Å². The monoisotopic (exact) mass is 210 g/mol. The molecule has 80 valence electrons. The van der Waals surface area contributed by atoms with Crippen molar-refractivity contribution in [3.05, 3.63) is 35.4 Å². The summed E-state index contributed by atoms with van der Waals surface area (Å²) in [5, 5.41) is 0. The molecule has 1 saturated carbocycles. The molecule has 0 bridgehead atoms. The normalized spacial score (nSPS) is 16.5. The molecular weight excluding hydrogens is 198 g/mol. The number of carbonyl (C=O) groups excluding carboxylic acids is 1. The van der Waals surface area contributed by atoms with Crippen LogP contribution in [0.4, 0.5) is 8.78 Å². The summed E-state index contributed by atoms with van der Waals surface area (Å²) in [6.07, 6.45) is 1.16. The van der Waals surface area contributed by atoms with Gasteiger partial charge in [-0.1, -0.05) is 18.2 Å². The summed E-state index contributed by atoms with van der Waals surface area (Å²) < 4.78 is 27.3. The van der Waals surface area contributed by atoms with Crippen LogP contribution in [-0.4, -0.2) is 5.78 Å². The Bertz CT molecular complexity index is 394. The quantitative estimate of drug-likeness (QED) is 0.699. The summed E-state index contributed by atoms with van der Waals surface area (Å²) in [4.78, 5) is 11.1. The highest BCUT2D eigenvalue weighted by Gasteiger charge is 2.47. The molecule has 0 aliphatic heterocycles. The number of hydrogen-bond acceptors (Lipinski definition) is 1. The van der Waals surface area contributed by atoms with Gasteiger partial charge in [0, 0.05) is 17.0 Å². The van der Waals surface area contributed by atoms with Gasteiger partial charge in [-0.2, -0.15) is 0 Å². The van der Waals surface area contributed by atoms with Gasteiger partial charge in [0.2, 0.25) is 0 Å². The Kier molecular flexibility index (Phi) is 2.33. The molecular formula is C12H12F2O. The highest BCUT2D eigenvalue weighted by molar-refractivity contribution is 5.94. The number of halogens is 2. The predicted molar refractivity (Wildman–Crippen MR) is 53.1 cm³/mol. The molecule has 15 heavy (non-hydrogen) atoms. The fourth-order valence-electron chi connectivity index (χ4n) is 1.63. The maximum atomic E-state index is 13.7. The number of alkyl halides is 2. The first-order valence-corrected chi connectivity index (χ1v) is 5.01. The average Bonchev–Trinajstić information content (AvgIpc) is 3.01. The SMILES string of the molecule is CC(=O)c1cccc(C(F)(F)C2CC2)c1. The third kappa shape index (κ3) is 1.91. The van der Waals surface area contributed by atoms with Crippen molar-refractivity contribution >= 4 is 5.78 Å². The number of rotatable bonds is 3. The molecule has 1 aromatic carbocycles. The summed E-state index contributed by atoms with van der Waals surface area (Å²) in [5.41, 5.74) is 0.325. The van der Waals surface area contributed by atoms with E-state index in [4.69, 9.17) is 0 Å². The van der Waals surface area contributed by atoms with Crippen molar-refractivity contribution in [1.82, 2.24) is 0 Å². The van der Waals surface area contributed by atoms with Crippen LogP contribution in [0.15, 0.2) is 24.3 Å². The van der Waals surface area contributed by atoms with Crippen molar-refractivity contribution in [2.45, 2.75) is 25.7 Å². The zero-order chi connectivity index (χ0) is 11.1. The summed E-state index contributed by atoms with van der Waals surface area (Å²) >= 11 is 0. The van der Waals surface area contributed by atoms with Gasteiger partial charge in [0.1, 0.15) is 0 Å². The van der Waals surface area contributed by atoms with Crippen LogP contribution in [0.25, 0.3) is 0 Å². The Hall–Kier alpha value is -1.25. The molecule has 0 spiro atoms. The summed E-state index contributed by atoms with van der Waals surface area (Å²) in [6.45, 7) is 1.38. The molecule has 2 rings (SSSR count). The third-order valence-corrected chi connectivity index (χ3v) is 2.74. The molecule has 0 N–H and O–H groups in total. The highest BCUT2D eigenvalue weighted by Crippen LogP contribution is 2.49. The molecule has 0 heterocycles. The van der Waals surface area contributed by atoms with Gasteiger partial charge in [0.25, 0.3) is 5.92 Å². The summed E-state index contributed by atoms with van der Waals surface area (Å²) in [6, 6.07) is 5.78. The van der Waals surface area contributed by atoms with E-state index in [0.29, 0.717) is 18.4 Å². The molecule has 0 unspecified atom stereocenters. The smallest absolute Gasteiger partial charge is 0.276 e. The molecule has 1 aromatic rings. The van der Waals surface area contributed by atoms with Crippen molar-refractivity contribution in [1.29, 1.82) is 0 Å². The van der Waals surface area contributed by atoms with Gasteiger partial charge in [-0.05, 0) is 25.8 Å². The fraction of sp³-hybridized carbons (Fsp3) is 0.417. The lowest BCUT2D eigenvalue weighted by Crippen LogP contribution is -2.16. The molecule has 1 aliphatic rings. The third-order valence-electron chi connectivity index (χ3n) is 2.74. The number of carbonyl (C=O) groups is 1. The molecule has 1 aliphatic carbocycles. The van der Waals surface area contributed by atoms with Crippen LogP contribution < -0.4 is 0 Å². The van der Waals surface area contributed by atoms with Crippen LogP contribution >= 0.6 is 0 Å². The second-order valence-corrected chi connectivity index (χ2v) is 4.03. The van der Waals surface area contributed by atoms with Crippen LogP contribution in [0.1, 0.15) is 35.7 Å². The Balaban J connectivity index is 2.35. The van der Waals surface area contributed by atoms with E-state index in [0.717, 1.165) is 0 Å². The number of benzene rings is 1. The van der Waals surface area contributed by atoms with Gasteiger partial charge in [-0.25, -0.2) is 8.78 Å². The lowest BCUT2D eigenvalue weighted by Gasteiger charge is -2.16. The number of ketones is 1. The van der Waals surface area contributed by atoms with E-state index in [1.54, 1.807) is 6.07 Å². The van der Waals surface area contributed by atoms with E-state index in [1.807, 2.05) is 0 Å². The molecule has 1 fully saturated rings. The van der Waals surface area contributed by atoms with Crippen molar-refractivity contribution < 1.29 is 13.6 Å². The maximum Gasteiger partial charge on any atom is 0.276 e. The standard InChI is InChI=1S/C12H12F2O/c1-8(15)9-3-2-4-11(7-9)12(13,14)10-5-6-10/h2-4,7,10H,5-6H2,1H3. The van der Waals surface area contributed by atoms with E-state index in [-0.39, 0.29) is 11.3 Å². The largest absolute Gasteiger partial charge is 0.295 e. The van der Waals surface area contributed by atoms with Crippen molar-refractivity contribution in [3.8, 4) is 0 Å². The minimum Gasteiger partial charge on any atom is -0.295 e. The first-order valence-electron chi connectivity index (χ1n) is 5.01. The average molecular weight is 210 g/mol. The predicted octanol–water partition coefficient (Wildman–Crippen LogP) is 3.39. The van der Waals surface area contributed by atoms with Crippen LogP contribution in [-0.2, 0) is 5.92 Å². The summed E-state index contributed by atoms with van der Waals surface area (Å²) in [7, 11) is 0. The van der Waals surface area contributed by atoms with E-state index in [2.05, 4.69) is 0 Å². The van der Waals surface area contributed by atoms with E-state index < -0.39 is 11.8 Å². The van der Waals surface area contributed by atoms with Crippen molar-refractivity contribution in [2.75, 3.05) is 0 Å². The Morgan fingerprint density at radius 1 is 1.40 bits per heavy atom. The molecule has 0 saturated heterocycles. The molecule has 0 atom stereocenters. The molecule has 0 aromatic heterocycles. The Morgan fingerprint density at radius 2 is 2.07 bits per heavy atom. The lowest BCUT2D eigenvalue weighted by atomic mass is 10.0. The molecule has 0 amide bonds. The van der Waals surface area contributed by atoms with Gasteiger partial charge in [-0.3, -0.25) is 4.79 Å². The number of Topliss-reactive ketones (excluding diaryl/α,β-unsaturated/α-hetero) is 1. The molecule has 3 heteroatoms. The van der Waals surface area contributed by atoms with Gasteiger partial charge in [0.05, 0.1) is 0 Å². The molecule has 0 radical (unpaired) electrons. The fourth-order valence-corrected chi connectivity index (χ4v) is 1.63. The van der Waals surface area contributed by atoms with Gasteiger partial charge in [0.15, 0.2) is 5.78 Å². The number of hydrogen-bond donors (Lipinski definition) is 0. The Morgan fingerprint density at radius 3 is 2.60 bits per heavy atom.